The van der Waals surface area contributed by atoms with Gasteiger partial charge in [-0.25, -0.2) is 13.4 Å². The highest BCUT2D eigenvalue weighted by atomic mass is 32.2. The molecule has 1 unspecified atom stereocenters. The number of rotatable bonds is 7. The van der Waals surface area contributed by atoms with Gasteiger partial charge in [0.25, 0.3) is 0 Å². The van der Waals surface area contributed by atoms with E-state index in [0.717, 1.165) is 5.56 Å². The van der Waals surface area contributed by atoms with Gasteiger partial charge in [-0.15, -0.1) is 0 Å². The first-order chi connectivity index (χ1) is 17.0. The first-order valence-corrected chi connectivity index (χ1v) is 13.0. The summed E-state index contributed by atoms with van der Waals surface area (Å²) in [5.74, 6) is 1.04. The number of carbonyl (C=O) groups is 1. The van der Waals surface area contributed by atoms with Crippen LogP contribution in [0, 0.1) is 0 Å². The summed E-state index contributed by atoms with van der Waals surface area (Å²) < 4.78 is 33.8. The van der Waals surface area contributed by atoms with Gasteiger partial charge in [-0.3, -0.25) is 4.79 Å². The number of carbonyl (C=O) groups excluding carboxylic acids is 1. The third-order valence-electron chi connectivity index (χ3n) is 6.05. The molecule has 0 aliphatic carbocycles. The van der Waals surface area contributed by atoms with E-state index in [4.69, 9.17) is 4.74 Å². The average molecular weight is 491 g/mol. The van der Waals surface area contributed by atoms with Crippen LogP contribution in [-0.4, -0.2) is 47.8 Å². The van der Waals surface area contributed by atoms with Gasteiger partial charge in [0.05, 0.1) is 22.5 Å². The molecule has 35 heavy (non-hydrogen) atoms. The van der Waals surface area contributed by atoms with E-state index in [1.165, 1.54) is 4.31 Å². The number of ether oxygens (including phenoxy) is 1. The summed E-state index contributed by atoms with van der Waals surface area (Å²) in [5.41, 5.74) is 2.81. The highest BCUT2D eigenvalue weighted by Gasteiger charge is 2.39. The number of hydrogen-bond acceptors (Lipinski definition) is 5. The Hall–Kier alpha value is -3.69. The second-order valence-corrected chi connectivity index (χ2v) is 10.2. The number of anilines is 1. The predicted molar refractivity (Wildman–Crippen MR) is 135 cm³/mol. The van der Waals surface area contributed by atoms with Gasteiger partial charge in [0.2, 0.25) is 15.9 Å². The average Bonchev–Trinajstić information content (AvgIpc) is 3.53. The van der Waals surface area contributed by atoms with Gasteiger partial charge in [0.15, 0.2) is 0 Å². The van der Waals surface area contributed by atoms with Crippen molar-refractivity contribution in [3.8, 4) is 17.1 Å². The number of sulfonamides is 1. The zero-order valence-electron chi connectivity index (χ0n) is 19.3. The van der Waals surface area contributed by atoms with Crippen LogP contribution in [-0.2, 0) is 14.8 Å². The molecule has 1 aliphatic rings. The first kappa shape index (κ1) is 23.1. The van der Waals surface area contributed by atoms with Gasteiger partial charge in [-0.1, -0.05) is 30.3 Å². The van der Waals surface area contributed by atoms with Crippen molar-refractivity contribution in [2.24, 2.45) is 0 Å². The van der Waals surface area contributed by atoms with Crippen LogP contribution in [0.3, 0.4) is 0 Å². The summed E-state index contributed by atoms with van der Waals surface area (Å²) >= 11 is 0. The SMILES string of the molecule is CCOc1ccc(NC(=O)C2CCCN2S(=O)(=O)c2ccc3nc(-c4ccccc4)[nH]c3c2)cc1. The van der Waals surface area contributed by atoms with Gasteiger partial charge in [-0.2, -0.15) is 4.31 Å². The number of aromatic nitrogens is 2. The van der Waals surface area contributed by atoms with Crippen LogP contribution < -0.4 is 10.1 Å². The summed E-state index contributed by atoms with van der Waals surface area (Å²) in [6, 6.07) is 20.7. The van der Waals surface area contributed by atoms with Crippen LogP contribution in [0.1, 0.15) is 19.8 Å². The number of aromatic amines is 1. The lowest BCUT2D eigenvalue weighted by Crippen LogP contribution is -2.43. The van der Waals surface area contributed by atoms with Gasteiger partial charge in [0, 0.05) is 17.8 Å². The summed E-state index contributed by atoms with van der Waals surface area (Å²) in [7, 11) is -3.88. The van der Waals surface area contributed by atoms with Crippen LogP contribution in [0.2, 0.25) is 0 Å². The van der Waals surface area contributed by atoms with Crippen molar-refractivity contribution in [1.29, 1.82) is 0 Å². The summed E-state index contributed by atoms with van der Waals surface area (Å²) in [6.45, 7) is 2.75. The molecule has 1 saturated heterocycles. The Kier molecular flexibility index (Phi) is 6.27. The Morgan fingerprint density at radius 2 is 1.89 bits per heavy atom. The molecule has 0 radical (unpaired) electrons. The quantitative estimate of drug-likeness (QED) is 0.399. The second-order valence-electron chi connectivity index (χ2n) is 8.35. The number of hydrogen-bond donors (Lipinski definition) is 2. The Bertz CT molecular complexity index is 1450. The van der Waals surface area contributed by atoms with Crippen molar-refractivity contribution in [1.82, 2.24) is 14.3 Å². The summed E-state index contributed by atoms with van der Waals surface area (Å²) in [6.07, 6.45) is 1.08. The molecule has 0 bridgehead atoms. The number of nitrogens with one attached hydrogen (secondary N) is 2. The van der Waals surface area contributed by atoms with Crippen LogP contribution >= 0.6 is 0 Å². The minimum absolute atomic E-state index is 0.133. The molecule has 4 aromatic rings. The topological polar surface area (TPSA) is 104 Å². The van der Waals surface area contributed by atoms with Crippen molar-refractivity contribution in [3.05, 3.63) is 72.8 Å². The highest BCUT2D eigenvalue weighted by Crippen LogP contribution is 2.29. The number of H-pyrrole nitrogens is 1. The Morgan fingerprint density at radius 3 is 2.63 bits per heavy atom. The third kappa shape index (κ3) is 4.65. The molecular weight excluding hydrogens is 464 g/mol. The molecule has 9 heteroatoms. The number of benzene rings is 3. The zero-order valence-corrected chi connectivity index (χ0v) is 20.1. The zero-order chi connectivity index (χ0) is 24.4. The Morgan fingerprint density at radius 1 is 1.11 bits per heavy atom. The molecule has 2 heterocycles. The molecule has 3 aromatic carbocycles. The van der Waals surface area contributed by atoms with E-state index in [-0.39, 0.29) is 10.8 Å². The summed E-state index contributed by atoms with van der Waals surface area (Å²) in [4.78, 5) is 20.9. The van der Waals surface area contributed by atoms with E-state index >= 15 is 0 Å². The number of nitrogens with zero attached hydrogens (tertiary/aromatic N) is 2. The molecule has 1 amide bonds. The van der Waals surface area contributed by atoms with Gasteiger partial charge in [-0.05, 0) is 62.2 Å². The minimum atomic E-state index is -3.88. The van der Waals surface area contributed by atoms with E-state index < -0.39 is 16.1 Å². The molecule has 1 aliphatic heterocycles. The van der Waals surface area contributed by atoms with Crippen molar-refractivity contribution >= 4 is 32.7 Å². The lowest BCUT2D eigenvalue weighted by molar-refractivity contribution is -0.119. The van der Waals surface area contributed by atoms with E-state index in [0.29, 0.717) is 54.3 Å². The van der Waals surface area contributed by atoms with E-state index in [9.17, 15) is 13.2 Å². The Labute approximate surface area is 204 Å². The number of amides is 1. The van der Waals surface area contributed by atoms with Crippen molar-refractivity contribution < 1.29 is 17.9 Å². The lowest BCUT2D eigenvalue weighted by atomic mass is 10.2. The normalized spacial score (nSPS) is 16.4. The van der Waals surface area contributed by atoms with Gasteiger partial charge in [0.1, 0.15) is 17.6 Å². The van der Waals surface area contributed by atoms with Crippen LogP contribution in [0.4, 0.5) is 5.69 Å². The lowest BCUT2D eigenvalue weighted by Gasteiger charge is -2.23. The fourth-order valence-corrected chi connectivity index (χ4v) is 6.02. The van der Waals surface area contributed by atoms with Gasteiger partial charge >= 0.3 is 0 Å². The highest BCUT2D eigenvalue weighted by molar-refractivity contribution is 7.89. The number of imidazole rings is 1. The largest absolute Gasteiger partial charge is 0.494 e. The molecular formula is C26H26N4O4S. The van der Waals surface area contributed by atoms with Crippen LogP contribution in [0.5, 0.6) is 5.75 Å². The fourth-order valence-electron chi connectivity index (χ4n) is 4.33. The van der Waals surface area contributed by atoms with Gasteiger partial charge < -0.3 is 15.0 Å². The maximum Gasteiger partial charge on any atom is 0.243 e. The fraction of sp³-hybridized carbons (Fsp3) is 0.231. The van der Waals surface area contributed by atoms with E-state index in [1.807, 2.05) is 37.3 Å². The third-order valence-corrected chi connectivity index (χ3v) is 7.95. The van der Waals surface area contributed by atoms with Crippen LogP contribution in [0.25, 0.3) is 22.4 Å². The molecule has 8 nitrogen and oxygen atoms in total. The summed E-state index contributed by atoms with van der Waals surface area (Å²) in [5, 5.41) is 2.84. The van der Waals surface area contributed by atoms with E-state index in [1.54, 1.807) is 42.5 Å². The van der Waals surface area contributed by atoms with Crippen molar-refractivity contribution in [2.45, 2.75) is 30.7 Å². The monoisotopic (exact) mass is 490 g/mol. The smallest absolute Gasteiger partial charge is 0.243 e. The molecule has 0 spiro atoms. The first-order valence-electron chi connectivity index (χ1n) is 11.6. The molecule has 0 saturated carbocycles. The second kappa shape index (κ2) is 9.52. The maximum atomic E-state index is 13.5. The molecule has 180 valence electrons. The standard InChI is InChI=1S/C26H26N4O4S/c1-2-34-20-12-10-19(11-13-20)27-26(31)24-9-6-16-30(24)35(32,33)21-14-15-22-23(17-21)29-25(28-22)18-7-4-3-5-8-18/h3-5,7-8,10-15,17,24H,2,6,9,16H2,1H3,(H,27,31)(H,28,29). The molecule has 1 aromatic heterocycles. The number of fused-ring (bicyclic) bond motifs is 1. The molecule has 2 N–H and O–H groups in total. The van der Waals surface area contributed by atoms with Crippen LogP contribution in [0.15, 0.2) is 77.7 Å². The predicted octanol–water partition coefficient (Wildman–Crippen LogP) is 4.42. The Balaban J connectivity index is 1.37. The molecule has 5 rings (SSSR count). The van der Waals surface area contributed by atoms with E-state index in [2.05, 4.69) is 15.3 Å². The maximum absolute atomic E-state index is 13.5. The van der Waals surface area contributed by atoms with Crippen molar-refractivity contribution in [3.63, 3.8) is 0 Å². The molecule has 1 fully saturated rings. The minimum Gasteiger partial charge on any atom is -0.494 e. The van der Waals surface area contributed by atoms with Crippen molar-refractivity contribution in [2.75, 3.05) is 18.5 Å². The molecule has 1 atom stereocenters.